The first-order valence-electron chi connectivity index (χ1n) is 7.31. The zero-order valence-corrected chi connectivity index (χ0v) is 13.4. The van der Waals surface area contributed by atoms with Crippen molar-refractivity contribution in [1.82, 2.24) is 10.3 Å². The Balaban J connectivity index is 2.50. The summed E-state index contributed by atoms with van der Waals surface area (Å²) >= 11 is 0. The second-order valence-electron chi connectivity index (χ2n) is 4.76. The molecule has 7 nitrogen and oxygen atoms in total. The van der Waals surface area contributed by atoms with Gasteiger partial charge in [0.25, 0.3) is 0 Å². The van der Waals surface area contributed by atoms with Gasteiger partial charge in [-0.1, -0.05) is 18.2 Å². The third-order valence-corrected chi connectivity index (χ3v) is 3.32. The number of esters is 2. The highest BCUT2D eigenvalue weighted by Crippen LogP contribution is 2.25. The number of hydrogen-bond acceptors (Lipinski definition) is 6. The summed E-state index contributed by atoms with van der Waals surface area (Å²) in [4.78, 5) is 26.6. The Kier molecular flexibility index (Phi) is 5.58. The highest BCUT2D eigenvalue weighted by Gasteiger charge is 2.20. The van der Waals surface area contributed by atoms with E-state index in [0.717, 1.165) is 10.9 Å². The van der Waals surface area contributed by atoms with Crippen LogP contribution in [0.25, 0.3) is 16.6 Å². The van der Waals surface area contributed by atoms with Crippen LogP contribution in [0.4, 0.5) is 0 Å². The van der Waals surface area contributed by atoms with Crippen molar-refractivity contribution in [2.45, 2.75) is 6.92 Å². The topological polar surface area (TPSA) is 104 Å². The van der Waals surface area contributed by atoms with E-state index >= 15 is 0 Å². The molecule has 124 valence electrons. The molecule has 1 aromatic heterocycles. The van der Waals surface area contributed by atoms with Crippen LogP contribution < -0.4 is 5.32 Å². The summed E-state index contributed by atoms with van der Waals surface area (Å²) < 4.78 is 9.53. The number of carbonyl (C=O) groups is 2. The molecule has 0 aliphatic heterocycles. The van der Waals surface area contributed by atoms with Gasteiger partial charge in [0.15, 0.2) is 5.57 Å². The van der Waals surface area contributed by atoms with Crippen molar-refractivity contribution in [3.05, 3.63) is 41.6 Å². The third kappa shape index (κ3) is 3.55. The summed E-state index contributed by atoms with van der Waals surface area (Å²) in [5, 5.41) is 13.0. The molecule has 2 aromatic rings. The lowest BCUT2D eigenvalue weighted by atomic mass is 10.1. The summed E-state index contributed by atoms with van der Waals surface area (Å²) in [6.45, 7) is 1.77. The Bertz CT molecular complexity index is 830. The van der Waals surface area contributed by atoms with Crippen molar-refractivity contribution in [2.75, 3.05) is 20.3 Å². The van der Waals surface area contributed by atoms with Gasteiger partial charge in [-0.15, -0.1) is 0 Å². The fraction of sp³-hybridized carbons (Fsp3) is 0.235. The van der Waals surface area contributed by atoms with E-state index in [1.165, 1.54) is 7.11 Å². The Hall–Kier alpha value is -3.27. The molecule has 0 spiro atoms. The van der Waals surface area contributed by atoms with Gasteiger partial charge in [0.05, 0.1) is 19.4 Å². The first-order valence-corrected chi connectivity index (χ1v) is 7.31. The lowest BCUT2D eigenvalue weighted by Gasteiger charge is -2.12. The summed E-state index contributed by atoms with van der Waals surface area (Å²) in [6, 6.07) is 9.26. The van der Waals surface area contributed by atoms with Crippen LogP contribution in [0.1, 0.15) is 12.5 Å². The quantitative estimate of drug-likeness (QED) is 0.476. The fourth-order valence-electron chi connectivity index (χ4n) is 2.27. The second kappa shape index (κ2) is 7.83. The zero-order chi connectivity index (χ0) is 17.5. The maximum atomic E-state index is 11.9. The molecule has 0 saturated carbocycles. The molecule has 0 unspecified atom stereocenters. The molecule has 0 amide bonds. The smallest absolute Gasteiger partial charge is 0.350 e. The number of nitriles is 1. The van der Waals surface area contributed by atoms with Gasteiger partial charge in [0.2, 0.25) is 0 Å². The Morgan fingerprint density at radius 2 is 2.08 bits per heavy atom. The molecular weight excluding hydrogens is 310 g/mol. The van der Waals surface area contributed by atoms with Gasteiger partial charge in [-0.3, -0.25) is 4.79 Å². The van der Waals surface area contributed by atoms with Crippen LogP contribution >= 0.6 is 0 Å². The third-order valence-electron chi connectivity index (χ3n) is 3.32. The molecule has 0 bridgehead atoms. The number of benzene rings is 1. The number of nitrogens with zero attached hydrogens (tertiary/aromatic N) is 1. The molecule has 1 aromatic carbocycles. The van der Waals surface area contributed by atoms with E-state index in [1.807, 2.05) is 30.3 Å². The van der Waals surface area contributed by atoms with Gasteiger partial charge < -0.3 is 19.8 Å². The molecule has 0 atom stereocenters. The number of aromatic nitrogens is 1. The van der Waals surface area contributed by atoms with Gasteiger partial charge in [0.1, 0.15) is 12.6 Å². The molecule has 2 N–H and O–H groups in total. The van der Waals surface area contributed by atoms with Gasteiger partial charge in [-0.2, -0.15) is 5.26 Å². The molecule has 0 radical (unpaired) electrons. The molecule has 0 fully saturated rings. The van der Waals surface area contributed by atoms with Crippen molar-refractivity contribution in [3.8, 4) is 6.07 Å². The second-order valence-corrected chi connectivity index (χ2v) is 4.76. The highest BCUT2D eigenvalue weighted by molar-refractivity contribution is 6.05. The largest absolute Gasteiger partial charge is 0.465 e. The predicted octanol–water partition coefficient (Wildman–Crippen LogP) is 1.73. The first kappa shape index (κ1) is 17.1. The Morgan fingerprint density at radius 1 is 1.33 bits per heavy atom. The van der Waals surface area contributed by atoms with Crippen molar-refractivity contribution in [2.24, 2.45) is 0 Å². The molecule has 7 heteroatoms. The van der Waals surface area contributed by atoms with E-state index in [1.54, 1.807) is 13.1 Å². The summed E-state index contributed by atoms with van der Waals surface area (Å²) in [5.41, 5.74) is 1.43. The van der Waals surface area contributed by atoms with Crippen molar-refractivity contribution in [3.63, 3.8) is 0 Å². The summed E-state index contributed by atoms with van der Waals surface area (Å²) in [6.07, 6.45) is 1.67. The van der Waals surface area contributed by atoms with E-state index < -0.39 is 11.9 Å². The van der Waals surface area contributed by atoms with Gasteiger partial charge >= 0.3 is 11.9 Å². The lowest BCUT2D eigenvalue weighted by molar-refractivity contribution is -0.142. The molecule has 1 heterocycles. The molecule has 0 aliphatic carbocycles. The highest BCUT2D eigenvalue weighted by atomic mass is 16.5. The van der Waals surface area contributed by atoms with E-state index in [9.17, 15) is 14.9 Å². The zero-order valence-electron chi connectivity index (χ0n) is 13.4. The van der Waals surface area contributed by atoms with Crippen molar-refractivity contribution < 1.29 is 19.1 Å². The van der Waals surface area contributed by atoms with Crippen molar-refractivity contribution >= 4 is 28.5 Å². The minimum atomic E-state index is -0.783. The van der Waals surface area contributed by atoms with E-state index in [2.05, 4.69) is 15.0 Å². The number of fused-ring (bicyclic) bond motifs is 1. The standard InChI is InChI=1S/C17H17N3O4/c1-3-24-15(21)10-20-16(12(8-18)17(22)23-2)13-9-19-14-7-5-4-6-11(13)14/h4-7,9,19-20H,3,10H2,1-2H3/b16-12-. The number of nitrogens with one attached hydrogen (secondary N) is 2. The molecular formula is C17H17N3O4. The van der Waals surface area contributed by atoms with Crippen LogP contribution in [0.2, 0.25) is 0 Å². The van der Waals surface area contributed by atoms with E-state index in [-0.39, 0.29) is 24.4 Å². The molecule has 0 aliphatic rings. The molecule has 2 rings (SSSR count). The number of rotatable bonds is 6. The average Bonchev–Trinajstić information content (AvgIpc) is 3.02. The van der Waals surface area contributed by atoms with Crippen LogP contribution in [-0.2, 0) is 19.1 Å². The van der Waals surface area contributed by atoms with E-state index in [4.69, 9.17) is 4.74 Å². The van der Waals surface area contributed by atoms with Crippen LogP contribution in [0, 0.1) is 11.3 Å². The molecule has 24 heavy (non-hydrogen) atoms. The first-order chi connectivity index (χ1) is 11.6. The number of ether oxygens (including phenoxy) is 2. The Labute approximate surface area is 138 Å². The SMILES string of the molecule is CCOC(=O)CN/C(=C(/C#N)C(=O)OC)c1c[nH]c2ccccc12. The average molecular weight is 327 g/mol. The minimum absolute atomic E-state index is 0.176. The minimum Gasteiger partial charge on any atom is -0.465 e. The monoisotopic (exact) mass is 327 g/mol. The number of carbonyl (C=O) groups excluding carboxylic acids is 2. The van der Waals surface area contributed by atoms with Gasteiger partial charge in [-0.05, 0) is 13.0 Å². The van der Waals surface area contributed by atoms with E-state index in [0.29, 0.717) is 5.56 Å². The predicted molar refractivity (Wildman–Crippen MR) is 87.5 cm³/mol. The lowest BCUT2D eigenvalue weighted by Crippen LogP contribution is -2.25. The van der Waals surface area contributed by atoms with Crippen molar-refractivity contribution in [1.29, 1.82) is 5.26 Å². The van der Waals surface area contributed by atoms with Crippen LogP contribution in [0.5, 0.6) is 0 Å². The number of H-pyrrole nitrogens is 1. The summed E-state index contributed by atoms with van der Waals surface area (Å²) in [5.74, 6) is -1.27. The number of aromatic amines is 1. The number of para-hydroxylation sites is 1. The van der Waals surface area contributed by atoms with Gasteiger partial charge in [0, 0.05) is 22.7 Å². The maximum Gasteiger partial charge on any atom is 0.350 e. The number of methoxy groups -OCH3 is 1. The summed E-state index contributed by atoms with van der Waals surface area (Å²) in [7, 11) is 1.19. The normalized spacial score (nSPS) is 11.4. The number of hydrogen-bond donors (Lipinski definition) is 2. The molecule has 0 saturated heterocycles. The Morgan fingerprint density at radius 3 is 2.75 bits per heavy atom. The fourth-order valence-corrected chi connectivity index (χ4v) is 2.27. The van der Waals surface area contributed by atoms with Crippen LogP contribution in [0.15, 0.2) is 36.0 Å². The van der Waals surface area contributed by atoms with Gasteiger partial charge in [-0.25, -0.2) is 4.79 Å². The van der Waals surface area contributed by atoms with Crippen LogP contribution in [-0.4, -0.2) is 37.2 Å². The maximum absolute atomic E-state index is 11.9. The van der Waals surface area contributed by atoms with Crippen LogP contribution in [0.3, 0.4) is 0 Å².